The summed E-state index contributed by atoms with van der Waals surface area (Å²) in [5.74, 6) is 0.677. The summed E-state index contributed by atoms with van der Waals surface area (Å²) in [5, 5.41) is 0.0818. The van der Waals surface area contributed by atoms with Crippen LogP contribution in [0.15, 0.2) is 35.5 Å². The molecule has 0 radical (unpaired) electrons. The van der Waals surface area contributed by atoms with E-state index < -0.39 is 10.0 Å². The zero-order valence-corrected chi connectivity index (χ0v) is 15.2. The summed E-state index contributed by atoms with van der Waals surface area (Å²) >= 11 is 0. The molecule has 1 aliphatic heterocycles. The summed E-state index contributed by atoms with van der Waals surface area (Å²) in [6, 6.07) is 8.26. The van der Waals surface area contributed by atoms with E-state index in [-0.39, 0.29) is 11.1 Å². The van der Waals surface area contributed by atoms with Gasteiger partial charge in [0.15, 0.2) is 5.03 Å². The summed E-state index contributed by atoms with van der Waals surface area (Å²) in [7, 11) is -1.79. The number of nitrogens with one attached hydrogen (secondary N) is 1. The van der Waals surface area contributed by atoms with E-state index in [9.17, 15) is 8.42 Å². The molecule has 1 aromatic heterocycles. The van der Waals surface area contributed by atoms with Gasteiger partial charge in [-0.15, -0.1) is 0 Å². The number of nitrogens with zero attached hydrogens (tertiary/aromatic N) is 3. The molecule has 24 heavy (non-hydrogen) atoms. The van der Waals surface area contributed by atoms with Crippen LogP contribution in [0.3, 0.4) is 0 Å². The molecule has 2 aromatic rings. The lowest BCUT2D eigenvalue weighted by Crippen LogP contribution is -2.43. The summed E-state index contributed by atoms with van der Waals surface area (Å²) in [4.78, 5) is 6.40. The number of rotatable bonds is 5. The van der Waals surface area contributed by atoms with Crippen LogP contribution in [0.5, 0.6) is 0 Å². The van der Waals surface area contributed by atoms with Gasteiger partial charge in [0.05, 0.1) is 0 Å². The van der Waals surface area contributed by atoms with E-state index in [0.717, 1.165) is 19.5 Å². The third-order valence-corrected chi connectivity index (χ3v) is 5.92. The average molecular weight is 348 g/mol. The highest BCUT2D eigenvalue weighted by Crippen LogP contribution is 2.18. The lowest BCUT2D eigenvalue weighted by atomic mass is 10.00. The summed E-state index contributed by atoms with van der Waals surface area (Å²) in [6.07, 6.45) is 2.55. The average Bonchev–Trinajstić information content (AvgIpc) is 2.87. The molecule has 1 aromatic carbocycles. The number of hydrogen-bond acceptors (Lipinski definition) is 4. The smallest absolute Gasteiger partial charge is 0.259 e. The summed E-state index contributed by atoms with van der Waals surface area (Å²) in [5.41, 5.74) is 2.73. The van der Waals surface area contributed by atoms with E-state index in [1.807, 2.05) is 6.92 Å². The molecule has 6 nitrogen and oxygen atoms in total. The van der Waals surface area contributed by atoms with Crippen molar-refractivity contribution in [3.05, 3.63) is 47.4 Å². The van der Waals surface area contributed by atoms with Gasteiger partial charge in [-0.1, -0.05) is 24.3 Å². The Balaban J connectivity index is 1.63. The second kappa shape index (κ2) is 6.66. The van der Waals surface area contributed by atoms with Crippen molar-refractivity contribution in [1.82, 2.24) is 19.2 Å². The van der Waals surface area contributed by atoms with Gasteiger partial charge in [-0.3, -0.25) is 4.90 Å². The Morgan fingerprint density at radius 2 is 2.00 bits per heavy atom. The molecule has 1 atom stereocenters. The highest BCUT2D eigenvalue weighted by molar-refractivity contribution is 7.89. The van der Waals surface area contributed by atoms with Crippen LogP contribution in [0, 0.1) is 6.92 Å². The van der Waals surface area contributed by atoms with Gasteiger partial charge < -0.3 is 4.57 Å². The van der Waals surface area contributed by atoms with E-state index in [2.05, 4.69) is 38.9 Å². The van der Waals surface area contributed by atoms with Gasteiger partial charge in [-0.2, -0.15) is 0 Å². The fourth-order valence-corrected chi connectivity index (χ4v) is 4.39. The van der Waals surface area contributed by atoms with E-state index in [1.54, 1.807) is 24.7 Å². The third kappa shape index (κ3) is 3.68. The largest absolute Gasteiger partial charge is 0.337 e. The monoisotopic (exact) mass is 348 g/mol. The highest BCUT2D eigenvalue weighted by Gasteiger charge is 2.23. The molecule has 7 heteroatoms. The maximum Gasteiger partial charge on any atom is 0.259 e. The molecular formula is C17H24N4O2S. The van der Waals surface area contributed by atoms with Gasteiger partial charge in [0.2, 0.25) is 0 Å². The molecule has 0 bridgehead atoms. The topological polar surface area (TPSA) is 67.2 Å². The second-order valence-electron chi connectivity index (χ2n) is 6.51. The van der Waals surface area contributed by atoms with Crippen LogP contribution in [0.1, 0.15) is 23.9 Å². The molecule has 130 valence electrons. The Labute approximate surface area is 143 Å². The van der Waals surface area contributed by atoms with E-state index in [0.29, 0.717) is 12.4 Å². The number of hydrogen-bond donors (Lipinski definition) is 1. The highest BCUT2D eigenvalue weighted by atomic mass is 32.2. The normalized spacial score (nSPS) is 16.8. The zero-order valence-electron chi connectivity index (χ0n) is 14.4. The third-order valence-electron chi connectivity index (χ3n) is 4.46. The van der Waals surface area contributed by atoms with Crippen molar-refractivity contribution in [3.63, 3.8) is 0 Å². The van der Waals surface area contributed by atoms with Gasteiger partial charge in [-0.05, 0) is 31.4 Å². The Hall–Kier alpha value is -1.70. The first kappa shape index (κ1) is 17.1. The number of fused-ring (bicyclic) bond motifs is 1. The van der Waals surface area contributed by atoms with Crippen molar-refractivity contribution >= 4 is 10.0 Å². The number of aromatic nitrogens is 2. The molecule has 3 rings (SSSR count). The van der Waals surface area contributed by atoms with Gasteiger partial charge >= 0.3 is 0 Å². The number of sulfonamides is 1. The number of aryl methyl sites for hydroxylation is 2. The van der Waals surface area contributed by atoms with E-state index >= 15 is 0 Å². The van der Waals surface area contributed by atoms with Crippen molar-refractivity contribution in [2.45, 2.75) is 37.9 Å². The number of imidazole rings is 1. The van der Waals surface area contributed by atoms with Gasteiger partial charge in [0.25, 0.3) is 10.0 Å². The predicted octanol–water partition coefficient (Wildman–Crippen LogP) is 1.45. The Morgan fingerprint density at radius 1 is 1.29 bits per heavy atom. The summed E-state index contributed by atoms with van der Waals surface area (Å²) < 4.78 is 29.3. The standard InChI is InChI=1S/C17H24N4O2S/c1-13(19-24(22,23)17-12-20(3)14(2)18-17)10-21-9-8-15-6-4-5-7-16(15)11-21/h4-7,12-13,19H,8-11H2,1-3H3/t13-/m1/s1. The molecule has 0 fully saturated rings. The van der Waals surface area contributed by atoms with Crippen molar-refractivity contribution in [2.75, 3.05) is 13.1 Å². The molecular weight excluding hydrogens is 324 g/mol. The zero-order chi connectivity index (χ0) is 17.3. The van der Waals surface area contributed by atoms with Crippen molar-refractivity contribution in [3.8, 4) is 0 Å². The maximum atomic E-state index is 12.4. The van der Waals surface area contributed by atoms with Gasteiger partial charge in [0.1, 0.15) is 5.82 Å². The molecule has 0 spiro atoms. The molecule has 0 saturated carbocycles. The molecule has 2 heterocycles. The van der Waals surface area contributed by atoms with Crippen LogP contribution in [0.2, 0.25) is 0 Å². The van der Waals surface area contributed by atoms with Crippen molar-refractivity contribution in [1.29, 1.82) is 0 Å². The Morgan fingerprint density at radius 3 is 2.67 bits per heavy atom. The van der Waals surface area contributed by atoms with Crippen LogP contribution < -0.4 is 4.72 Å². The minimum atomic E-state index is -3.58. The molecule has 0 unspecified atom stereocenters. The first-order valence-electron chi connectivity index (χ1n) is 8.16. The Kier molecular flexibility index (Phi) is 4.76. The fourth-order valence-electron chi connectivity index (χ4n) is 3.12. The first-order valence-corrected chi connectivity index (χ1v) is 9.65. The van der Waals surface area contributed by atoms with Crippen LogP contribution in [0.25, 0.3) is 0 Å². The molecule has 1 aliphatic rings. The predicted molar refractivity (Wildman–Crippen MR) is 93.2 cm³/mol. The quantitative estimate of drug-likeness (QED) is 0.888. The Bertz CT molecular complexity index is 809. The van der Waals surface area contributed by atoms with Crippen LogP contribution in [-0.4, -0.2) is 42.0 Å². The second-order valence-corrected chi connectivity index (χ2v) is 8.17. The fraction of sp³-hybridized carbons (Fsp3) is 0.471. The number of benzene rings is 1. The first-order chi connectivity index (χ1) is 11.3. The minimum absolute atomic E-state index is 0.0818. The minimum Gasteiger partial charge on any atom is -0.337 e. The SMILES string of the molecule is Cc1nc(S(=O)(=O)N[C@H](C)CN2CCc3ccccc3C2)cn1C. The summed E-state index contributed by atoms with van der Waals surface area (Å²) in [6.45, 7) is 6.18. The van der Waals surface area contributed by atoms with Crippen LogP contribution in [0.4, 0.5) is 0 Å². The van der Waals surface area contributed by atoms with E-state index in [1.165, 1.54) is 11.1 Å². The van der Waals surface area contributed by atoms with Crippen LogP contribution >= 0.6 is 0 Å². The van der Waals surface area contributed by atoms with Crippen LogP contribution in [-0.2, 0) is 30.0 Å². The van der Waals surface area contributed by atoms with Gasteiger partial charge in [-0.25, -0.2) is 18.1 Å². The van der Waals surface area contributed by atoms with Crippen molar-refractivity contribution in [2.24, 2.45) is 7.05 Å². The lowest BCUT2D eigenvalue weighted by Gasteiger charge is -2.30. The molecule has 0 aliphatic carbocycles. The van der Waals surface area contributed by atoms with E-state index in [4.69, 9.17) is 0 Å². The maximum absolute atomic E-state index is 12.4. The molecule has 1 N–H and O–H groups in total. The van der Waals surface area contributed by atoms with Gasteiger partial charge in [0, 0.05) is 38.9 Å². The lowest BCUT2D eigenvalue weighted by molar-refractivity contribution is 0.237. The van der Waals surface area contributed by atoms with Crippen molar-refractivity contribution < 1.29 is 8.42 Å². The molecule has 0 saturated heterocycles. The molecule has 0 amide bonds.